The lowest BCUT2D eigenvalue weighted by molar-refractivity contribution is 0.0703. The number of amides is 1. The highest BCUT2D eigenvalue weighted by atomic mass is 35.5. The smallest absolute Gasteiger partial charge is 0.254 e. The van der Waals surface area contributed by atoms with Crippen LogP contribution in [0.1, 0.15) is 71.1 Å². The van der Waals surface area contributed by atoms with Crippen molar-refractivity contribution in [3.05, 3.63) is 99.0 Å². The van der Waals surface area contributed by atoms with E-state index in [0.29, 0.717) is 22.5 Å². The molecule has 1 unspecified atom stereocenters. The lowest BCUT2D eigenvalue weighted by Gasteiger charge is -2.36. The Kier molecular flexibility index (Phi) is 8.59. The van der Waals surface area contributed by atoms with Gasteiger partial charge in [0.25, 0.3) is 5.91 Å². The van der Waals surface area contributed by atoms with Gasteiger partial charge in [-0.1, -0.05) is 65.7 Å². The highest BCUT2D eigenvalue weighted by Gasteiger charge is 2.41. The molecule has 3 aromatic rings. The number of benzene rings is 3. The number of hydrogen-bond donors (Lipinski definition) is 0. The topological polar surface area (TPSA) is 40.6 Å². The average Bonchev–Trinajstić information content (AvgIpc) is 3.22. The summed E-state index contributed by atoms with van der Waals surface area (Å²) in [5, 5.41) is 1.09. The third-order valence-corrected chi connectivity index (χ3v) is 9.94. The molecule has 7 heteroatoms. The van der Waals surface area contributed by atoms with E-state index in [0.717, 1.165) is 60.5 Å². The molecule has 0 N–H and O–H groups in total. The maximum atomic E-state index is 13.3. The van der Waals surface area contributed by atoms with Gasteiger partial charge < -0.3 is 9.80 Å². The third-order valence-electron chi connectivity index (χ3n) is 8.21. The molecule has 2 heterocycles. The number of carbonyl (C=O) groups excluding carboxylic acids is 1. The second-order valence-corrected chi connectivity index (χ2v) is 12.5. The van der Waals surface area contributed by atoms with Crippen LogP contribution in [0.4, 0.5) is 0 Å². The Balaban J connectivity index is 1.36. The fraction of sp³-hybridized carbons (Fsp3) is 0.387. The van der Waals surface area contributed by atoms with Crippen molar-refractivity contribution in [2.45, 2.75) is 49.0 Å². The van der Waals surface area contributed by atoms with E-state index in [2.05, 4.69) is 36.1 Å². The zero-order valence-electron chi connectivity index (χ0n) is 21.9. The SMILES string of the molecule is CCN1C(=O)c2ccccc2[C@H]1[C@@H](CCN1CCC(c2ccccc2S(C)=O)CC1)c1ccc(Cl)c(Cl)c1. The van der Waals surface area contributed by atoms with Gasteiger partial charge in [0.05, 0.1) is 26.9 Å². The van der Waals surface area contributed by atoms with Crippen LogP contribution in [0.5, 0.6) is 0 Å². The number of likely N-dealkylation sites (N-methyl/N-ethyl adjacent to an activating group) is 1. The first kappa shape index (κ1) is 27.4. The van der Waals surface area contributed by atoms with E-state index in [4.69, 9.17) is 23.2 Å². The minimum Gasteiger partial charge on any atom is -0.331 e. The van der Waals surface area contributed by atoms with Crippen molar-refractivity contribution < 1.29 is 9.00 Å². The van der Waals surface area contributed by atoms with Crippen molar-refractivity contribution in [2.75, 3.05) is 32.4 Å². The van der Waals surface area contributed by atoms with Crippen molar-refractivity contribution in [1.29, 1.82) is 0 Å². The predicted molar refractivity (Wildman–Crippen MR) is 157 cm³/mol. The van der Waals surface area contributed by atoms with Crippen LogP contribution < -0.4 is 0 Å². The zero-order chi connectivity index (χ0) is 26.8. The molecule has 0 bridgehead atoms. The third kappa shape index (κ3) is 5.44. The number of rotatable bonds is 8. The molecule has 0 saturated carbocycles. The lowest BCUT2D eigenvalue weighted by atomic mass is 9.83. The predicted octanol–water partition coefficient (Wildman–Crippen LogP) is 7.30. The van der Waals surface area contributed by atoms with Crippen LogP contribution in [0.25, 0.3) is 0 Å². The Morgan fingerprint density at radius 3 is 2.32 bits per heavy atom. The summed E-state index contributed by atoms with van der Waals surface area (Å²) in [6, 6.07) is 22.0. The van der Waals surface area contributed by atoms with Crippen LogP contribution in [0.2, 0.25) is 10.0 Å². The second-order valence-electron chi connectivity index (χ2n) is 10.3. The van der Waals surface area contributed by atoms with Crippen molar-refractivity contribution in [1.82, 2.24) is 9.80 Å². The molecule has 1 fully saturated rings. The van der Waals surface area contributed by atoms with E-state index in [1.165, 1.54) is 5.56 Å². The van der Waals surface area contributed by atoms with E-state index in [1.807, 2.05) is 47.4 Å². The summed E-state index contributed by atoms with van der Waals surface area (Å²) in [5.74, 6) is 0.636. The van der Waals surface area contributed by atoms with Crippen molar-refractivity contribution in [3.63, 3.8) is 0 Å². The Morgan fingerprint density at radius 2 is 1.63 bits per heavy atom. The van der Waals surface area contributed by atoms with Gasteiger partial charge in [0.1, 0.15) is 0 Å². The zero-order valence-corrected chi connectivity index (χ0v) is 24.2. The summed E-state index contributed by atoms with van der Waals surface area (Å²) in [7, 11) is -0.979. The number of carbonyl (C=O) groups is 1. The number of fused-ring (bicyclic) bond motifs is 1. The Morgan fingerprint density at radius 1 is 0.947 bits per heavy atom. The summed E-state index contributed by atoms with van der Waals surface area (Å²) >= 11 is 12.8. The van der Waals surface area contributed by atoms with Gasteiger partial charge in [-0.05, 0) is 92.7 Å². The molecular weight excluding hydrogens is 535 g/mol. The van der Waals surface area contributed by atoms with Gasteiger partial charge in [0.2, 0.25) is 0 Å². The van der Waals surface area contributed by atoms with Gasteiger partial charge in [-0.15, -0.1) is 0 Å². The molecule has 4 nitrogen and oxygen atoms in total. The van der Waals surface area contributed by atoms with Crippen molar-refractivity contribution in [2.24, 2.45) is 0 Å². The van der Waals surface area contributed by atoms with Gasteiger partial charge in [-0.25, -0.2) is 0 Å². The van der Waals surface area contributed by atoms with Crippen LogP contribution in [0, 0.1) is 0 Å². The molecule has 3 atom stereocenters. The molecule has 0 spiro atoms. The van der Waals surface area contributed by atoms with Crippen LogP contribution >= 0.6 is 23.2 Å². The summed E-state index contributed by atoms with van der Waals surface area (Å²) < 4.78 is 12.3. The minimum atomic E-state index is -0.979. The van der Waals surface area contributed by atoms with Crippen LogP contribution in [-0.2, 0) is 10.8 Å². The fourth-order valence-electron chi connectivity index (χ4n) is 6.29. The molecule has 2 aliphatic rings. The van der Waals surface area contributed by atoms with Crippen LogP contribution in [0.3, 0.4) is 0 Å². The fourth-order valence-corrected chi connectivity index (χ4v) is 7.43. The number of piperidine rings is 1. The van der Waals surface area contributed by atoms with Crippen LogP contribution in [-0.4, -0.2) is 52.4 Å². The maximum absolute atomic E-state index is 13.3. The maximum Gasteiger partial charge on any atom is 0.254 e. The molecule has 200 valence electrons. The molecule has 3 aromatic carbocycles. The highest BCUT2D eigenvalue weighted by Crippen LogP contribution is 2.45. The van der Waals surface area contributed by atoms with Crippen molar-refractivity contribution in [3.8, 4) is 0 Å². The number of nitrogens with zero attached hydrogens (tertiary/aromatic N) is 2. The van der Waals surface area contributed by atoms with Gasteiger partial charge in [-0.3, -0.25) is 9.00 Å². The average molecular weight is 570 g/mol. The first-order valence-corrected chi connectivity index (χ1v) is 15.7. The first-order chi connectivity index (χ1) is 18.4. The van der Waals surface area contributed by atoms with E-state index in [9.17, 15) is 9.00 Å². The first-order valence-electron chi connectivity index (χ1n) is 13.4. The molecule has 5 rings (SSSR count). The molecule has 1 amide bonds. The number of likely N-dealkylation sites (tertiary alicyclic amines) is 1. The normalized spacial score (nSPS) is 19.9. The van der Waals surface area contributed by atoms with Gasteiger partial charge in [-0.2, -0.15) is 0 Å². The van der Waals surface area contributed by atoms with E-state index < -0.39 is 10.8 Å². The molecule has 1 saturated heterocycles. The highest BCUT2D eigenvalue weighted by molar-refractivity contribution is 7.84. The minimum absolute atomic E-state index is 0.0371. The Labute approximate surface area is 238 Å². The summed E-state index contributed by atoms with van der Waals surface area (Å²) in [6.45, 7) is 5.64. The standard InChI is InChI=1S/C31H34Cl2N2O2S/c1-3-35-30(25-9-4-5-10-26(25)31(35)36)24(22-12-13-27(32)28(33)20-22)16-19-34-17-14-21(15-18-34)23-8-6-7-11-29(23)38(2)37/h4-13,20-21,24,30H,3,14-19H2,1-2H3/t24-,30+,38?/m0/s1. The van der Waals surface area contributed by atoms with E-state index in [-0.39, 0.29) is 17.9 Å². The van der Waals surface area contributed by atoms with Gasteiger partial charge >= 0.3 is 0 Å². The van der Waals surface area contributed by atoms with Crippen LogP contribution in [0.15, 0.2) is 71.6 Å². The summed E-state index contributed by atoms with van der Waals surface area (Å²) in [5.41, 5.74) is 4.25. The summed E-state index contributed by atoms with van der Waals surface area (Å²) in [4.78, 5) is 18.8. The second kappa shape index (κ2) is 11.9. The molecular formula is C31H34Cl2N2O2S. The van der Waals surface area contributed by atoms with Gasteiger partial charge in [0.15, 0.2) is 0 Å². The number of hydrogen-bond acceptors (Lipinski definition) is 3. The Hall–Kier alpha value is -2.18. The molecule has 0 aromatic heterocycles. The van der Waals surface area contributed by atoms with Crippen molar-refractivity contribution >= 4 is 39.9 Å². The Bertz CT molecular complexity index is 1340. The molecule has 2 aliphatic heterocycles. The molecule has 0 aliphatic carbocycles. The van der Waals surface area contributed by atoms with Gasteiger partial charge in [0, 0.05) is 29.2 Å². The van der Waals surface area contributed by atoms with E-state index in [1.54, 1.807) is 6.26 Å². The monoisotopic (exact) mass is 568 g/mol. The summed E-state index contributed by atoms with van der Waals surface area (Å²) in [6.07, 6.45) is 4.78. The lowest BCUT2D eigenvalue weighted by Crippen LogP contribution is -2.36. The number of halogens is 2. The largest absolute Gasteiger partial charge is 0.331 e. The quantitative estimate of drug-likeness (QED) is 0.286. The molecule has 38 heavy (non-hydrogen) atoms. The molecule has 0 radical (unpaired) electrons. The van der Waals surface area contributed by atoms with E-state index >= 15 is 0 Å².